The largest absolute Gasteiger partial charge is 0.344 e. The molecule has 4 heterocycles. The summed E-state index contributed by atoms with van der Waals surface area (Å²) in [6.07, 6.45) is 0. The Morgan fingerprint density at radius 2 is 1.76 bits per heavy atom. The van der Waals surface area contributed by atoms with Gasteiger partial charge in [0.15, 0.2) is 6.54 Å². The summed E-state index contributed by atoms with van der Waals surface area (Å²) in [4.78, 5) is 18.7. The fourth-order valence-electron chi connectivity index (χ4n) is 4.45. The van der Waals surface area contributed by atoms with E-state index in [4.69, 9.17) is 4.98 Å². The van der Waals surface area contributed by atoms with Gasteiger partial charge in [0, 0.05) is 19.7 Å². The monoisotopic (exact) mass is 360 g/mol. The van der Waals surface area contributed by atoms with Crippen molar-refractivity contribution in [3.8, 4) is 0 Å². The molecule has 3 aliphatic rings. The van der Waals surface area contributed by atoms with Crippen LogP contribution in [0.2, 0.25) is 0 Å². The Morgan fingerprint density at radius 3 is 2.40 bits per heavy atom. The molecule has 3 aliphatic heterocycles. The molecule has 0 aliphatic carbocycles. The number of likely N-dealkylation sites (N-methyl/N-ethyl adjacent to an activating group) is 1. The van der Waals surface area contributed by atoms with E-state index in [1.165, 1.54) is 39.9 Å². The van der Waals surface area contributed by atoms with Gasteiger partial charge >= 0.3 is 0 Å². The molecule has 2 bridgehead atoms. The normalized spacial score (nSPS) is 28.4. The topological polar surface area (TPSA) is 33.2 Å². The van der Waals surface area contributed by atoms with Gasteiger partial charge in [-0.3, -0.25) is 4.79 Å². The number of carbonyl (C=O) groups excluding carboxylic acids is 1. The minimum Gasteiger partial charge on any atom is -0.344 e. The molecule has 25 heavy (non-hydrogen) atoms. The van der Waals surface area contributed by atoms with E-state index < -0.39 is 0 Å². The lowest BCUT2D eigenvalue weighted by Crippen LogP contribution is -2.75. The zero-order valence-electron chi connectivity index (χ0n) is 15.5. The molecule has 3 saturated heterocycles. The number of piperazine rings is 3. The van der Waals surface area contributed by atoms with Gasteiger partial charge in [-0.25, -0.2) is 4.98 Å². The maximum Gasteiger partial charge on any atom is 0.277 e. The average Bonchev–Trinajstić information content (AvgIpc) is 2.98. The van der Waals surface area contributed by atoms with Gasteiger partial charge in [0.1, 0.15) is 45.8 Å². The molecule has 0 atom stereocenters. The summed E-state index contributed by atoms with van der Waals surface area (Å²) in [5.41, 5.74) is 2.60. The standard InChI is InChI=1S/C19H28N4OS/c1-15-20-19-16(5-4-6-17(19)25-15)13-22-7-10-23(11-8-22,12-9-22)14-18(24)21(2)3/h4-6H,7-14H2,1-3H3/q+2. The van der Waals surface area contributed by atoms with Crippen LogP contribution in [0.15, 0.2) is 18.2 Å². The van der Waals surface area contributed by atoms with Crippen molar-refractivity contribution in [2.45, 2.75) is 13.5 Å². The van der Waals surface area contributed by atoms with Gasteiger partial charge in [-0.1, -0.05) is 12.1 Å². The minimum atomic E-state index is 0.268. The first kappa shape index (κ1) is 16.9. The van der Waals surface area contributed by atoms with Crippen molar-refractivity contribution >= 4 is 27.5 Å². The Labute approximate surface area is 153 Å². The van der Waals surface area contributed by atoms with Crippen LogP contribution >= 0.6 is 11.3 Å². The summed E-state index contributed by atoms with van der Waals surface area (Å²) >= 11 is 1.79. The van der Waals surface area contributed by atoms with Gasteiger partial charge in [0.2, 0.25) is 0 Å². The summed E-state index contributed by atoms with van der Waals surface area (Å²) in [5.74, 6) is 0.268. The molecule has 3 fully saturated rings. The first-order valence-electron chi connectivity index (χ1n) is 9.16. The van der Waals surface area contributed by atoms with Crippen molar-refractivity contribution < 1.29 is 13.8 Å². The van der Waals surface area contributed by atoms with Gasteiger partial charge in [-0.2, -0.15) is 0 Å². The Balaban J connectivity index is 1.51. The van der Waals surface area contributed by atoms with E-state index >= 15 is 0 Å². The van der Waals surface area contributed by atoms with Gasteiger partial charge in [-0.15, -0.1) is 11.3 Å². The number of hydrogen-bond donors (Lipinski definition) is 0. The lowest BCUT2D eigenvalue weighted by molar-refractivity contribution is -1.08. The number of amides is 1. The highest BCUT2D eigenvalue weighted by molar-refractivity contribution is 7.18. The maximum atomic E-state index is 12.2. The number of quaternary nitrogens is 2. The van der Waals surface area contributed by atoms with Crippen molar-refractivity contribution in [3.05, 3.63) is 28.8 Å². The van der Waals surface area contributed by atoms with E-state index in [1.807, 2.05) is 14.1 Å². The molecule has 6 heteroatoms. The summed E-state index contributed by atoms with van der Waals surface area (Å²) in [6.45, 7) is 10.8. The molecular weight excluding hydrogens is 332 g/mol. The minimum absolute atomic E-state index is 0.268. The van der Waals surface area contributed by atoms with Gasteiger partial charge in [-0.05, 0) is 13.0 Å². The lowest BCUT2D eigenvalue weighted by Gasteiger charge is -2.55. The zero-order valence-corrected chi connectivity index (χ0v) is 16.3. The SMILES string of the molecule is Cc1nc2c(C[N+]34CC[N+](CC(=O)N(C)C)(CC3)CC4)cccc2s1. The summed E-state index contributed by atoms with van der Waals surface area (Å²) in [7, 11) is 3.73. The maximum absolute atomic E-state index is 12.2. The molecule has 0 N–H and O–H groups in total. The Bertz CT molecular complexity index is 788. The molecular formula is C19H28N4OS+2. The number of thiazole rings is 1. The molecule has 0 saturated carbocycles. The second kappa shape index (κ2) is 6.04. The molecule has 2 aromatic rings. The quantitative estimate of drug-likeness (QED) is 0.780. The fourth-order valence-corrected chi connectivity index (χ4v) is 5.33. The summed E-state index contributed by atoms with van der Waals surface area (Å²) in [5, 5.41) is 1.15. The molecule has 0 radical (unpaired) electrons. The molecule has 0 unspecified atom stereocenters. The molecule has 1 aromatic heterocycles. The predicted octanol–water partition coefficient (Wildman–Crippen LogP) is 1.85. The van der Waals surface area contributed by atoms with Gasteiger partial charge in [0.05, 0.1) is 15.2 Å². The number of aryl methyl sites for hydroxylation is 1. The fraction of sp³-hybridized carbons (Fsp3) is 0.579. The Hall–Kier alpha value is -1.50. The third-order valence-corrected chi connectivity index (χ3v) is 7.17. The Morgan fingerprint density at radius 1 is 1.12 bits per heavy atom. The number of hydrogen-bond acceptors (Lipinski definition) is 3. The third kappa shape index (κ3) is 3.07. The van der Waals surface area contributed by atoms with Crippen molar-refractivity contribution in [1.82, 2.24) is 9.88 Å². The Kier molecular flexibility index (Phi) is 4.09. The molecule has 0 spiro atoms. The molecule has 5 rings (SSSR count). The number of fused-ring (bicyclic) bond motifs is 4. The highest BCUT2D eigenvalue weighted by Gasteiger charge is 2.50. The lowest BCUT2D eigenvalue weighted by atomic mass is 10.0. The van der Waals surface area contributed by atoms with Crippen molar-refractivity contribution in [3.63, 3.8) is 0 Å². The molecule has 1 aromatic carbocycles. The van der Waals surface area contributed by atoms with E-state index in [-0.39, 0.29) is 5.91 Å². The molecule has 5 nitrogen and oxygen atoms in total. The van der Waals surface area contributed by atoms with Crippen molar-refractivity contribution in [1.29, 1.82) is 0 Å². The smallest absolute Gasteiger partial charge is 0.277 e. The number of carbonyl (C=O) groups is 1. The van der Waals surface area contributed by atoms with Crippen LogP contribution in [0.4, 0.5) is 0 Å². The van der Waals surface area contributed by atoms with Crippen LogP contribution in [-0.4, -0.2) is 84.7 Å². The third-order valence-electron chi connectivity index (χ3n) is 6.23. The van der Waals surface area contributed by atoms with Crippen LogP contribution in [0.5, 0.6) is 0 Å². The number of nitrogens with zero attached hydrogens (tertiary/aromatic N) is 4. The van der Waals surface area contributed by atoms with E-state index in [2.05, 4.69) is 25.1 Å². The molecule has 134 valence electrons. The zero-order chi connectivity index (χ0) is 17.7. The van der Waals surface area contributed by atoms with E-state index in [9.17, 15) is 4.79 Å². The van der Waals surface area contributed by atoms with Crippen molar-refractivity contribution in [2.24, 2.45) is 0 Å². The first-order chi connectivity index (χ1) is 11.9. The van der Waals surface area contributed by atoms with E-state index in [0.29, 0.717) is 6.54 Å². The van der Waals surface area contributed by atoms with Crippen LogP contribution in [0.3, 0.4) is 0 Å². The summed E-state index contributed by atoms with van der Waals surface area (Å²) in [6, 6.07) is 6.62. The second-order valence-corrected chi connectivity index (χ2v) is 9.36. The average molecular weight is 361 g/mol. The van der Waals surface area contributed by atoms with Crippen LogP contribution < -0.4 is 0 Å². The van der Waals surface area contributed by atoms with Gasteiger partial charge in [0.25, 0.3) is 5.91 Å². The molecule has 1 amide bonds. The highest BCUT2D eigenvalue weighted by Crippen LogP contribution is 2.32. The van der Waals surface area contributed by atoms with Crippen LogP contribution in [0.1, 0.15) is 10.6 Å². The van der Waals surface area contributed by atoms with Crippen LogP contribution in [0.25, 0.3) is 10.2 Å². The van der Waals surface area contributed by atoms with E-state index in [1.54, 1.807) is 16.2 Å². The van der Waals surface area contributed by atoms with Crippen LogP contribution in [-0.2, 0) is 11.3 Å². The number of benzene rings is 1. The second-order valence-electron chi connectivity index (χ2n) is 8.13. The number of aromatic nitrogens is 1. The number of para-hydroxylation sites is 1. The predicted molar refractivity (Wildman–Crippen MR) is 101 cm³/mol. The number of rotatable bonds is 4. The first-order valence-corrected chi connectivity index (χ1v) is 9.98. The summed E-state index contributed by atoms with van der Waals surface area (Å²) < 4.78 is 3.48. The van der Waals surface area contributed by atoms with Crippen molar-refractivity contribution in [2.75, 3.05) is 59.9 Å². The van der Waals surface area contributed by atoms with E-state index in [0.717, 1.165) is 35.7 Å². The van der Waals surface area contributed by atoms with Crippen LogP contribution in [0, 0.1) is 6.92 Å². The highest BCUT2D eigenvalue weighted by atomic mass is 32.1. The van der Waals surface area contributed by atoms with Gasteiger partial charge < -0.3 is 13.9 Å².